The van der Waals surface area contributed by atoms with Crippen molar-refractivity contribution in [2.75, 3.05) is 43.9 Å². The van der Waals surface area contributed by atoms with Crippen molar-refractivity contribution in [2.45, 2.75) is 6.92 Å². The first-order valence-corrected chi connectivity index (χ1v) is 13.9. The number of hydrogen-bond acceptors (Lipinski definition) is 6. The van der Waals surface area contributed by atoms with Crippen molar-refractivity contribution in [3.05, 3.63) is 95.4 Å². The lowest BCUT2D eigenvalue weighted by Crippen LogP contribution is -2.48. The summed E-state index contributed by atoms with van der Waals surface area (Å²) in [6.45, 7) is 4.94. The van der Waals surface area contributed by atoms with E-state index in [-0.39, 0.29) is 5.91 Å². The van der Waals surface area contributed by atoms with E-state index < -0.39 is 0 Å². The van der Waals surface area contributed by atoms with E-state index in [1.54, 1.807) is 7.11 Å². The van der Waals surface area contributed by atoms with Gasteiger partial charge in [0.25, 0.3) is 5.91 Å². The van der Waals surface area contributed by atoms with Gasteiger partial charge in [-0.1, -0.05) is 48.0 Å². The minimum Gasteiger partial charge on any atom is -0.497 e. The Bertz CT molecular complexity index is 1620. The number of pyridine rings is 1. The lowest BCUT2D eigenvalue weighted by atomic mass is 9.98. The number of nitrogen functional groups attached to an aromatic ring is 1. The fraction of sp³-hybridized carbons (Fsp3) is 0.188. The molecule has 3 aromatic carbocycles. The average molecular weight is 535 g/mol. The van der Waals surface area contributed by atoms with Crippen LogP contribution in [0.2, 0.25) is 0 Å². The molecular weight excluding hydrogens is 504 g/mol. The van der Waals surface area contributed by atoms with E-state index in [0.717, 1.165) is 51.4 Å². The number of carbonyl (C=O) groups is 1. The second kappa shape index (κ2) is 10.4. The Morgan fingerprint density at radius 3 is 2.23 bits per heavy atom. The van der Waals surface area contributed by atoms with Gasteiger partial charge in [0.1, 0.15) is 15.5 Å². The first-order chi connectivity index (χ1) is 19.0. The van der Waals surface area contributed by atoms with Crippen molar-refractivity contribution in [3.63, 3.8) is 0 Å². The van der Waals surface area contributed by atoms with Gasteiger partial charge in [-0.3, -0.25) is 4.79 Å². The molecule has 1 aliphatic rings. The maximum absolute atomic E-state index is 13.7. The van der Waals surface area contributed by atoms with Gasteiger partial charge in [0.15, 0.2) is 0 Å². The largest absolute Gasteiger partial charge is 0.497 e. The number of ether oxygens (including phenoxy) is 1. The molecule has 0 spiro atoms. The number of anilines is 2. The van der Waals surface area contributed by atoms with Gasteiger partial charge in [0.05, 0.1) is 18.5 Å². The summed E-state index contributed by atoms with van der Waals surface area (Å²) in [5, 5.41) is 0.840. The molecule has 196 valence electrons. The average Bonchev–Trinajstić information content (AvgIpc) is 3.33. The van der Waals surface area contributed by atoms with Gasteiger partial charge in [0, 0.05) is 42.8 Å². The van der Waals surface area contributed by atoms with Crippen molar-refractivity contribution in [3.8, 4) is 28.1 Å². The number of benzene rings is 3. The Kier molecular flexibility index (Phi) is 6.67. The number of nitrogens with zero attached hydrogens (tertiary/aromatic N) is 3. The SMILES string of the molecule is COc1ccc(-c2cc(-c3ccc(C)cc3)c3c(N)c(C(=O)N4CCN(c5ccccc5)CC4)sc3n2)cc1. The van der Waals surface area contributed by atoms with E-state index in [1.807, 2.05) is 47.4 Å². The van der Waals surface area contributed by atoms with Gasteiger partial charge < -0.3 is 20.3 Å². The number of rotatable bonds is 5. The van der Waals surface area contributed by atoms with E-state index in [9.17, 15) is 4.79 Å². The van der Waals surface area contributed by atoms with Crippen LogP contribution >= 0.6 is 11.3 Å². The first kappa shape index (κ1) is 24.9. The normalized spacial score (nSPS) is 13.6. The van der Waals surface area contributed by atoms with Crippen molar-refractivity contribution in [1.29, 1.82) is 0 Å². The monoisotopic (exact) mass is 534 g/mol. The van der Waals surface area contributed by atoms with Crippen LogP contribution in [0, 0.1) is 6.92 Å². The summed E-state index contributed by atoms with van der Waals surface area (Å²) < 4.78 is 5.33. The third-order valence-electron chi connectivity index (χ3n) is 7.33. The summed E-state index contributed by atoms with van der Waals surface area (Å²) >= 11 is 1.39. The van der Waals surface area contributed by atoms with Crippen LogP contribution in [0.15, 0.2) is 84.9 Å². The summed E-state index contributed by atoms with van der Waals surface area (Å²) in [7, 11) is 1.66. The van der Waals surface area contributed by atoms with E-state index in [2.05, 4.69) is 54.3 Å². The number of hydrogen-bond donors (Lipinski definition) is 1. The third kappa shape index (κ3) is 4.81. The number of para-hydroxylation sites is 1. The Balaban J connectivity index is 1.38. The second-order valence-electron chi connectivity index (χ2n) is 9.79. The highest BCUT2D eigenvalue weighted by Gasteiger charge is 2.27. The minimum atomic E-state index is -0.0240. The Morgan fingerprint density at radius 1 is 0.897 bits per heavy atom. The molecule has 0 atom stereocenters. The molecule has 2 N–H and O–H groups in total. The van der Waals surface area contributed by atoms with Gasteiger partial charge in [-0.15, -0.1) is 11.3 Å². The fourth-order valence-electron chi connectivity index (χ4n) is 5.10. The van der Waals surface area contributed by atoms with E-state index in [0.29, 0.717) is 23.7 Å². The van der Waals surface area contributed by atoms with Gasteiger partial charge in [0.2, 0.25) is 0 Å². The number of amides is 1. The molecule has 1 amide bonds. The Labute approximate surface area is 232 Å². The fourth-order valence-corrected chi connectivity index (χ4v) is 6.19. The van der Waals surface area contributed by atoms with Crippen LogP contribution < -0.4 is 15.4 Å². The molecule has 0 unspecified atom stereocenters. The molecule has 1 saturated heterocycles. The van der Waals surface area contributed by atoms with E-state index in [4.69, 9.17) is 15.5 Å². The Hall–Kier alpha value is -4.36. The topological polar surface area (TPSA) is 71.7 Å². The molecule has 0 radical (unpaired) electrons. The van der Waals surface area contributed by atoms with Crippen LogP contribution in [0.1, 0.15) is 15.2 Å². The van der Waals surface area contributed by atoms with E-state index in [1.165, 1.54) is 22.6 Å². The summed E-state index contributed by atoms with van der Waals surface area (Å²) in [5.41, 5.74) is 13.5. The molecule has 0 bridgehead atoms. The van der Waals surface area contributed by atoms with E-state index >= 15 is 0 Å². The number of thiophene rings is 1. The molecule has 6 nitrogen and oxygen atoms in total. The third-order valence-corrected chi connectivity index (χ3v) is 8.42. The van der Waals surface area contributed by atoms with Crippen LogP contribution in [-0.4, -0.2) is 49.1 Å². The summed E-state index contributed by atoms with van der Waals surface area (Å²) in [4.78, 5) is 24.3. The first-order valence-electron chi connectivity index (χ1n) is 13.1. The molecule has 6 rings (SSSR count). The number of aromatic nitrogens is 1. The standard InChI is InChI=1S/C32H30N4O2S/c1-21-8-10-22(11-9-21)26-20-27(23-12-14-25(38-2)15-13-23)34-31-28(26)29(33)30(39-31)32(37)36-18-16-35(17-19-36)24-6-4-3-5-7-24/h3-15,20H,16-19,33H2,1-2H3. The van der Waals surface area contributed by atoms with Crippen molar-refractivity contribution in [1.82, 2.24) is 9.88 Å². The highest BCUT2D eigenvalue weighted by atomic mass is 32.1. The Morgan fingerprint density at radius 2 is 1.56 bits per heavy atom. The molecule has 3 heterocycles. The molecule has 5 aromatic rings. The molecule has 2 aromatic heterocycles. The highest BCUT2D eigenvalue weighted by Crippen LogP contribution is 2.42. The number of nitrogens with two attached hydrogens (primary N) is 1. The van der Waals surface area contributed by atoms with Crippen molar-refractivity contribution >= 4 is 38.8 Å². The predicted octanol–water partition coefficient (Wildman–Crippen LogP) is 6.49. The molecular formula is C32H30N4O2S. The van der Waals surface area contributed by atoms with Crippen LogP contribution in [0.5, 0.6) is 5.75 Å². The van der Waals surface area contributed by atoms with Crippen molar-refractivity contribution < 1.29 is 9.53 Å². The quantitative estimate of drug-likeness (QED) is 0.279. The smallest absolute Gasteiger partial charge is 0.266 e. The summed E-state index contributed by atoms with van der Waals surface area (Å²) in [6, 6.07) is 28.7. The lowest BCUT2D eigenvalue weighted by Gasteiger charge is -2.36. The van der Waals surface area contributed by atoms with Gasteiger partial charge in [-0.05, 0) is 60.5 Å². The van der Waals surface area contributed by atoms with Crippen molar-refractivity contribution in [2.24, 2.45) is 0 Å². The van der Waals surface area contributed by atoms with Crippen LogP contribution in [0.3, 0.4) is 0 Å². The van der Waals surface area contributed by atoms with Crippen LogP contribution in [0.25, 0.3) is 32.6 Å². The number of piperazine rings is 1. The number of carbonyl (C=O) groups excluding carboxylic acids is 1. The highest BCUT2D eigenvalue weighted by molar-refractivity contribution is 7.21. The van der Waals surface area contributed by atoms with Crippen LogP contribution in [0.4, 0.5) is 11.4 Å². The minimum absolute atomic E-state index is 0.0240. The second-order valence-corrected chi connectivity index (χ2v) is 10.8. The zero-order valence-electron chi connectivity index (χ0n) is 22.1. The number of fused-ring (bicyclic) bond motifs is 1. The van der Waals surface area contributed by atoms with Crippen LogP contribution in [-0.2, 0) is 0 Å². The molecule has 1 fully saturated rings. The maximum Gasteiger partial charge on any atom is 0.266 e. The summed E-state index contributed by atoms with van der Waals surface area (Å²) in [6.07, 6.45) is 0. The number of methoxy groups -OCH3 is 1. The maximum atomic E-state index is 13.7. The van der Waals surface area contributed by atoms with Gasteiger partial charge in [-0.25, -0.2) is 4.98 Å². The number of aryl methyl sites for hydroxylation is 1. The van der Waals surface area contributed by atoms with Gasteiger partial charge >= 0.3 is 0 Å². The zero-order chi connectivity index (χ0) is 26.9. The molecule has 7 heteroatoms. The molecule has 0 aliphatic carbocycles. The zero-order valence-corrected chi connectivity index (χ0v) is 22.9. The van der Waals surface area contributed by atoms with Gasteiger partial charge in [-0.2, -0.15) is 0 Å². The molecule has 39 heavy (non-hydrogen) atoms. The summed E-state index contributed by atoms with van der Waals surface area (Å²) in [5.74, 6) is 0.767. The lowest BCUT2D eigenvalue weighted by molar-refractivity contribution is 0.0752. The molecule has 0 saturated carbocycles. The molecule has 1 aliphatic heterocycles. The predicted molar refractivity (Wildman–Crippen MR) is 161 cm³/mol.